The van der Waals surface area contributed by atoms with Gasteiger partial charge in [-0.2, -0.15) is 0 Å². The molecule has 2 rings (SSSR count). The van der Waals surface area contributed by atoms with Gasteiger partial charge in [-0.25, -0.2) is 9.97 Å². The van der Waals surface area contributed by atoms with Crippen molar-refractivity contribution in [3.8, 4) is 0 Å². The van der Waals surface area contributed by atoms with Gasteiger partial charge in [-0.05, 0) is 30.7 Å². The standard InChI is InChI=1S/C12H12ClN3S/c1-2-10-11(14)15-7-16-12(10)17-9-5-3-8(13)4-6-9/h3-7H,2H2,1H3,(H2,14,15,16). The Morgan fingerprint density at radius 1 is 1.24 bits per heavy atom. The highest BCUT2D eigenvalue weighted by Crippen LogP contribution is 2.31. The van der Waals surface area contributed by atoms with E-state index in [1.165, 1.54) is 6.33 Å². The highest BCUT2D eigenvalue weighted by atomic mass is 35.5. The molecule has 0 bridgehead atoms. The Balaban J connectivity index is 2.29. The maximum absolute atomic E-state index is 5.84. The van der Waals surface area contributed by atoms with Crippen LogP contribution in [0.1, 0.15) is 12.5 Å². The summed E-state index contributed by atoms with van der Waals surface area (Å²) in [4.78, 5) is 9.35. The monoisotopic (exact) mass is 265 g/mol. The number of hydrogen-bond acceptors (Lipinski definition) is 4. The second kappa shape index (κ2) is 5.38. The largest absolute Gasteiger partial charge is 0.383 e. The number of nitrogen functional groups attached to an aromatic ring is 1. The van der Waals surface area contributed by atoms with Crippen LogP contribution in [0, 0.1) is 0 Å². The first-order chi connectivity index (χ1) is 8.20. The van der Waals surface area contributed by atoms with E-state index in [9.17, 15) is 0 Å². The van der Waals surface area contributed by atoms with Crippen LogP contribution < -0.4 is 5.73 Å². The van der Waals surface area contributed by atoms with Crippen LogP contribution in [-0.2, 0) is 6.42 Å². The number of halogens is 1. The van der Waals surface area contributed by atoms with Gasteiger partial charge in [0.25, 0.3) is 0 Å². The first-order valence-corrected chi connectivity index (χ1v) is 6.43. The molecule has 0 atom stereocenters. The molecule has 3 nitrogen and oxygen atoms in total. The predicted molar refractivity (Wildman–Crippen MR) is 71.4 cm³/mol. The normalized spacial score (nSPS) is 10.5. The summed E-state index contributed by atoms with van der Waals surface area (Å²) in [7, 11) is 0. The molecule has 0 fully saturated rings. The number of hydrogen-bond donors (Lipinski definition) is 1. The molecule has 17 heavy (non-hydrogen) atoms. The number of nitrogens with zero attached hydrogens (tertiary/aromatic N) is 2. The Morgan fingerprint density at radius 2 is 1.94 bits per heavy atom. The molecular weight excluding hydrogens is 254 g/mol. The molecule has 0 aliphatic carbocycles. The zero-order valence-electron chi connectivity index (χ0n) is 9.35. The summed E-state index contributed by atoms with van der Waals surface area (Å²) in [5, 5.41) is 1.63. The minimum atomic E-state index is 0.555. The summed E-state index contributed by atoms with van der Waals surface area (Å²) in [5.41, 5.74) is 6.82. The van der Waals surface area contributed by atoms with E-state index in [2.05, 4.69) is 9.97 Å². The molecule has 2 aromatic rings. The van der Waals surface area contributed by atoms with Crippen LogP contribution >= 0.6 is 23.4 Å². The van der Waals surface area contributed by atoms with Gasteiger partial charge in [0.05, 0.1) is 0 Å². The molecule has 0 amide bonds. The molecule has 2 N–H and O–H groups in total. The number of benzene rings is 1. The summed E-state index contributed by atoms with van der Waals surface area (Å²) in [5.74, 6) is 0.555. The highest BCUT2D eigenvalue weighted by Gasteiger charge is 2.08. The van der Waals surface area contributed by atoms with E-state index in [0.29, 0.717) is 5.82 Å². The van der Waals surface area contributed by atoms with Gasteiger partial charge >= 0.3 is 0 Å². The molecule has 0 aliphatic rings. The summed E-state index contributed by atoms with van der Waals surface area (Å²) in [6.45, 7) is 2.04. The van der Waals surface area contributed by atoms with Gasteiger partial charge in [0.1, 0.15) is 17.2 Å². The predicted octanol–water partition coefficient (Wildman–Crippen LogP) is 3.43. The first kappa shape index (κ1) is 12.2. The van der Waals surface area contributed by atoms with Crippen molar-refractivity contribution in [1.29, 1.82) is 0 Å². The highest BCUT2D eigenvalue weighted by molar-refractivity contribution is 7.99. The molecule has 0 saturated carbocycles. The van der Waals surface area contributed by atoms with Crippen molar-refractivity contribution >= 4 is 29.2 Å². The third-order valence-corrected chi connectivity index (χ3v) is 3.63. The van der Waals surface area contributed by atoms with E-state index >= 15 is 0 Å². The Labute approximate surface area is 109 Å². The van der Waals surface area contributed by atoms with E-state index in [1.54, 1.807) is 11.8 Å². The van der Waals surface area contributed by atoms with E-state index in [4.69, 9.17) is 17.3 Å². The molecule has 5 heteroatoms. The molecule has 0 unspecified atom stereocenters. The van der Waals surface area contributed by atoms with E-state index < -0.39 is 0 Å². The van der Waals surface area contributed by atoms with Crippen molar-refractivity contribution in [1.82, 2.24) is 9.97 Å². The Kier molecular flexibility index (Phi) is 3.86. The second-order valence-corrected chi connectivity index (χ2v) is 4.95. The Morgan fingerprint density at radius 3 is 2.59 bits per heavy atom. The molecular formula is C12H12ClN3S. The maximum Gasteiger partial charge on any atom is 0.131 e. The lowest BCUT2D eigenvalue weighted by Gasteiger charge is -2.07. The minimum Gasteiger partial charge on any atom is -0.383 e. The third kappa shape index (κ3) is 2.90. The van der Waals surface area contributed by atoms with Crippen LogP contribution in [0.5, 0.6) is 0 Å². The summed E-state index contributed by atoms with van der Waals surface area (Å²) >= 11 is 7.42. The maximum atomic E-state index is 5.84. The average Bonchev–Trinajstić information content (AvgIpc) is 2.32. The number of rotatable bonds is 3. The fraction of sp³-hybridized carbons (Fsp3) is 0.167. The quantitative estimate of drug-likeness (QED) is 0.864. The topological polar surface area (TPSA) is 51.8 Å². The molecule has 88 valence electrons. The van der Waals surface area contributed by atoms with Crippen molar-refractivity contribution in [2.24, 2.45) is 0 Å². The van der Waals surface area contributed by atoms with Gasteiger partial charge in [-0.15, -0.1) is 0 Å². The number of anilines is 1. The van der Waals surface area contributed by atoms with Crippen molar-refractivity contribution in [3.05, 3.63) is 41.2 Å². The fourth-order valence-electron chi connectivity index (χ4n) is 1.44. The van der Waals surface area contributed by atoms with Crippen molar-refractivity contribution in [2.75, 3.05) is 5.73 Å². The lowest BCUT2D eigenvalue weighted by atomic mass is 10.2. The molecule has 0 saturated heterocycles. The summed E-state index contributed by atoms with van der Waals surface area (Å²) < 4.78 is 0. The van der Waals surface area contributed by atoms with Gasteiger partial charge in [0.15, 0.2) is 0 Å². The van der Waals surface area contributed by atoms with Crippen LogP contribution in [0.2, 0.25) is 5.02 Å². The summed E-state index contributed by atoms with van der Waals surface area (Å²) in [6.07, 6.45) is 2.31. The third-order valence-electron chi connectivity index (χ3n) is 2.32. The number of aromatic nitrogens is 2. The zero-order chi connectivity index (χ0) is 12.3. The molecule has 0 radical (unpaired) electrons. The van der Waals surface area contributed by atoms with Crippen LogP contribution in [0.4, 0.5) is 5.82 Å². The van der Waals surface area contributed by atoms with Gasteiger partial charge in [-0.3, -0.25) is 0 Å². The molecule has 0 aliphatic heterocycles. The lowest BCUT2D eigenvalue weighted by molar-refractivity contribution is 0.953. The number of nitrogens with two attached hydrogens (primary N) is 1. The van der Waals surface area contributed by atoms with Crippen LogP contribution in [0.3, 0.4) is 0 Å². The van der Waals surface area contributed by atoms with Crippen LogP contribution in [-0.4, -0.2) is 9.97 Å². The smallest absolute Gasteiger partial charge is 0.131 e. The molecule has 1 aromatic carbocycles. The van der Waals surface area contributed by atoms with Gasteiger partial charge in [0, 0.05) is 15.5 Å². The average molecular weight is 266 g/mol. The van der Waals surface area contributed by atoms with E-state index in [0.717, 1.165) is 26.9 Å². The van der Waals surface area contributed by atoms with Crippen molar-refractivity contribution in [2.45, 2.75) is 23.3 Å². The SMILES string of the molecule is CCc1c(N)ncnc1Sc1ccc(Cl)cc1. The Hall–Kier alpha value is -1.26. The summed E-state index contributed by atoms with van der Waals surface area (Å²) in [6, 6.07) is 7.65. The lowest BCUT2D eigenvalue weighted by Crippen LogP contribution is -2.00. The molecule has 1 heterocycles. The van der Waals surface area contributed by atoms with Gasteiger partial charge < -0.3 is 5.73 Å². The molecule has 1 aromatic heterocycles. The van der Waals surface area contributed by atoms with Crippen LogP contribution in [0.25, 0.3) is 0 Å². The second-order valence-electron chi connectivity index (χ2n) is 3.45. The van der Waals surface area contributed by atoms with Crippen molar-refractivity contribution < 1.29 is 0 Å². The van der Waals surface area contributed by atoms with E-state index in [-0.39, 0.29) is 0 Å². The van der Waals surface area contributed by atoms with Crippen molar-refractivity contribution in [3.63, 3.8) is 0 Å². The van der Waals surface area contributed by atoms with Gasteiger partial charge in [0.2, 0.25) is 0 Å². The Bertz CT molecular complexity index is 514. The van der Waals surface area contributed by atoms with Gasteiger partial charge in [-0.1, -0.05) is 30.3 Å². The first-order valence-electron chi connectivity index (χ1n) is 5.23. The van der Waals surface area contributed by atoms with E-state index in [1.807, 2.05) is 31.2 Å². The minimum absolute atomic E-state index is 0.555. The zero-order valence-corrected chi connectivity index (χ0v) is 10.9. The fourth-order valence-corrected chi connectivity index (χ4v) is 2.54. The molecule has 0 spiro atoms. The van der Waals surface area contributed by atoms with Crippen LogP contribution in [0.15, 0.2) is 40.5 Å².